The molecule has 0 atom stereocenters. The normalized spacial score (nSPS) is 11.1. The van der Waals surface area contributed by atoms with Crippen molar-refractivity contribution in [2.45, 2.75) is 6.92 Å². The van der Waals surface area contributed by atoms with Gasteiger partial charge < -0.3 is 4.52 Å². The van der Waals surface area contributed by atoms with Crippen molar-refractivity contribution in [1.29, 1.82) is 0 Å². The van der Waals surface area contributed by atoms with E-state index < -0.39 is 11.5 Å². The van der Waals surface area contributed by atoms with Crippen molar-refractivity contribution in [3.8, 4) is 0 Å². The number of hydrogen-bond acceptors (Lipinski definition) is 4. The Morgan fingerprint density at radius 3 is 2.94 bits per heavy atom. The largest absolute Gasteiger partial charge is 0.373 e. The van der Waals surface area contributed by atoms with Crippen LogP contribution < -0.4 is 5.56 Å². The highest BCUT2D eigenvalue weighted by atomic mass is 32.1. The molecule has 0 aromatic carbocycles. The summed E-state index contributed by atoms with van der Waals surface area (Å²) in [4.78, 5) is 23.8. The molecule has 4 nitrogen and oxygen atoms in total. The molecule has 0 saturated heterocycles. The average molecular weight is 235 g/mol. The molecule has 2 rings (SSSR count). The molecule has 2 heterocycles. The van der Waals surface area contributed by atoms with E-state index in [-0.39, 0.29) is 0 Å². The van der Waals surface area contributed by atoms with Crippen LogP contribution in [0.1, 0.15) is 15.4 Å². The van der Waals surface area contributed by atoms with Gasteiger partial charge in [0.15, 0.2) is 0 Å². The highest BCUT2D eigenvalue weighted by molar-refractivity contribution is 7.10. The van der Waals surface area contributed by atoms with Gasteiger partial charge in [-0.15, -0.1) is 11.3 Å². The minimum atomic E-state index is -0.480. The van der Waals surface area contributed by atoms with Crippen LogP contribution in [-0.2, 0) is 0 Å². The Bertz CT molecular complexity index is 575. The average Bonchev–Trinajstić information content (AvgIpc) is 2.84. The lowest BCUT2D eigenvalue weighted by molar-refractivity contribution is 0.0845. The molecule has 0 unspecified atom stereocenters. The van der Waals surface area contributed by atoms with Gasteiger partial charge in [0.2, 0.25) is 0 Å². The molecule has 0 amide bonds. The van der Waals surface area contributed by atoms with Gasteiger partial charge in [0, 0.05) is 17.0 Å². The first kappa shape index (κ1) is 10.6. The second-order valence-electron chi connectivity index (χ2n) is 3.17. The molecule has 2 aromatic rings. The Morgan fingerprint density at radius 2 is 2.38 bits per heavy atom. The van der Waals surface area contributed by atoms with E-state index >= 15 is 0 Å². The number of allylic oxidation sites excluding steroid dienone is 1. The van der Waals surface area contributed by atoms with Crippen molar-refractivity contribution < 1.29 is 9.32 Å². The quantitative estimate of drug-likeness (QED) is 0.749. The fourth-order valence-electron chi connectivity index (χ4n) is 1.21. The molecular weight excluding hydrogens is 226 g/mol. The van der Waals surface area contributed by atoms with E-state index in [0.29, 0.717) is 5.76 Å². The van der Waals surface area contributed by atoms with Gasteiger partial charge in [0.1, 0.15) is 5.76 Å². The van der Waals surface area contributed by atoms with Crippen molar-refractivity contribution in [2.75, 3.05) is 0 Å². The Balaban J connectivity index is 2.21. The summed E-state index contributed by atoms with van der Waals surface area (Å²) in [5, 5.41) is 1.91. The molecule has 0 saturated carbocycles. The Kier molecular flexibility index (Phi) is 2.87. The summed E-state index contributed by atoms with van der Waals surface area (Å²) in [6.07, 6.45) is 2.97. The molecule has 0 radical (unpaired) electrons. The predicted molar refractivity (Wildman–Crippen MR) is 61.7 cm³/mol. The van der Waals surface area contributed by atoms with Crippen LogP contribution in [0.3, 0.4) is 0 Å². The van der Waals surface area contributed by atoms with Crippen molar-refractivity contribution in [1.82, 2.24) is 4.74 Å². The SMILES string of the molecule is Cc1cc(=O)n(C(=O)/C=C/c2cccs2)o1. The van der Waals surface area contributed by atoms with E-state index in [0.717, 1.165) is 9.62 Å². The van der Waals surface area contributed by atoms with E-state index in [4.69, 9.17) is 4.52 Å². The summed E-state index contributed by atoms with van der Waals surface area (Å²) in [5.74, 6) is -0.0608. The standard InChI is InChI=1S/C11H9NO3S/c1-8-7-11(14)12(15-8)10(13)5-4-9-3-2-6-16-9/h2-7H,1H3/b5-4+. The third kappa shape index (κ3) is 2.20. The van der Waals surface area contributed by atoms with Crippen LogP contribution in [0.15, 0.2) is 39.0 Å². The van der Waals surface area contributed by atoms with Crippen LogP contribution in [-0.4, -0.2) is 10.6 Å². The lowest BCUT2D eigenvalue weighted by Gasteiger charge is -1.91. The molecule has 0 N–H and O–H groups in total. The number of thiophene rings is 1. The van der Waals surface area contributed by atoms with Crippen LogP contribution in [0.5, 0.6) is 0 Å². The Labute approximate surface area is 95.4 Å². The third-order valence-corrected chi connectivity index (χ3v) is 2.73. The number of aromatic nitrogens is 1. The molecule has 0 aliphatic carbocycles. The van der Waals surface area contributed by atoms with Crippen molar-refractivity contribution in [3.63, 3.8) is 0 Å². The van der Waals surface area contributed by atoms with Crippen LogP contribution in [0, 0.1) is 6.92 Å². The minimum Gasteiger partial charge on any atom is -0.373 e. The smallest absolute Gasteiger partial charge is 0.290 e. The molecule has 5 heteroatoms. The van der Waals surface area contributed by atoms with Gasteiger partial charge in [-0.25, -0.2) is 0 Å². The van der Waals surface area contributed by atoms with Crippen LogP contribution in [0.2, 0.25) is 0 Å². The lowest BCUT2D eigenvalue weighted by Crippen LogP contribution is -2.19. The van der Waals surface area contributed by atoms with E-state index in [9.17, 15) is 9.59 Å². The Morgan fingerprint density at radius 1 is 1.56 bits per heavy atom. The van der Waals surface area contributed by atoms with Crippen molar-refractivity contribution >= 4 is 23.3 Å². The summed E-state index contributed by atoms with van der Waals surface area (Å²) in [6, 6.07) is 5.04. The molecule has 0 bridgehead atoms. The van der Waals surface area contributed by atoms with Gasteiger partial charge in [-0.2, -0.15) is 0 Å². The molecular formula is C11H9NO3S. The summed E-state index contributed by atoms with van der Waals surface area (Å²) < 4.78 is 5.69. The number of aryl methyl sites for hydroxylation is 1. The maximum atomic E-state index is 11.6. The fraction of sp³-hybridized carbons (Fsp3) is 0.0909. The van der Waals surface area contributed by atoms with Crippen molar-refractivity contribution in [2.24, 2.45) is 0 Å². The molecule has 0 aliphatic rings. The molecule has 82 valence electrons. The molecule has 0 aliphatic heterocycles. The molecule has 0 spiro atoms. The number of carbonyl (C=O) groups is 1. The number of hydrogen-bond donors (Lipinski definition) is 0. The Hall–Kier alpha value is -1.88. The molecule has 2 aromatic heterocycles. The second-order valence-corrected chi connectivity index (χ2v) is 4.15. The van der Waals surface area contributed by atoms with Gasteiger partial charge in [0.25, 0.3) is 11.5 Å². The summed E-state index contributed by atoms with van der Waals surface area (Å²) in [6.45, 7) is 1.62. The highest BCUT2D eigenvalue weighted by Gasteiger charge is 2.08. The zero-order chi connectivity index (χ0) is 11.5. The van der Waals surface area contributed by atoms with E-state index in [2.05, 4.69) is 0 Å². The van der Waals surface area contributed by atoms with E-state index in [1.54, 1.807) is 13.0 Å². The molecule has 0 fully saturated rings. The second kappa shape index (κ2) is 4.32. The summed E-state index contributed by atoms with van der Waals surface area (Å²) >= 11 is 1.51. The van der Waals surface area contributed by atoms with Crippen LogP contribution in [0.25, 0.3) is 6.08 Å². The van der Waals surface area contributed by atoms with E-state index in [1.807, 2.05) is 17.5 Å². The first-order valence-electron chi connectivity index (χ1n) is 4.63. The first-order chi connectivity index (χ1) is 7.66. The molecule has 16 heavy (non-hydrogen) atoms. The minimum absolute atomic E-state index is 0.419. The summed E-state index contributed by atoms with van der Waals surface area (Å²) in [5.41, 5.74) is -0.446. The fourth-order valence-corrected chi connectivity index (χ4v) is 1.83. The third-order valence-electron chi connectivity index (χ3n) is 1.90. The maximum Gasteiger partial charge on any atom is 0.290 e. The number of carbonyl (C=O) groups excluding carboxylic acids is 1. The van der Waals surface area contributed by atoms with Gasteiger partial charge >= 0.3 is 0 Å². The van der Waals surface area contributed by atoms with Crippen LogP contribution >= 0.6 is 11.3 Å². The van der Waals surface area contributed by atoms with Crippen molar-refractivity contribution in [3.05, 3.63) is 50.6 Å². The van der Waals surface area contributed by atoms with Crippen LogP contribution in [0.4, 0.5) is 0 Å². The van der Waals surface area contributed by atoms with Gasteiger partial charge in [-0.1, -0.05) is 10.8 Å². The highest BCUT2D eigenvalue weighted by Crippen LogP contribution is 2.10. The first-order valence-corrected chi connectivity index (χ1v) is 5.51. The summed E-state index contributed by atoms with van der Waals surface area (Å²) in [7, 11) is 0. The van der Waals surface area contributed by atoms with Gasteiger partial charge in [0.05, 0.1) is 0 Å². The van der Waals surface area contributed by atoms with E-state index in [1.165, 1.54) is 23.5 Å². The predicted octanol–water partition coefficient (Wildman–Crippen LogP) is 2.16. The lowest BCUT2D eigenvalue weighted by atomic mass is 10.4. The zero-order valence-corrected chi connectivity index (χ0v) is 9.36. The topological polar surface area (TPSA) is 52.2 Å². The number of nitrogens with zero attached hydrogens (tertiary/aromatic N) is 1. The van der Waals surface area contributed by atoms with Gasteiger partial charge in [-0.3, -0.25) is 9.59 Å². The number of rotatable bonds is 2. The van der Waals surface area contributed by atoms with Gasteiger partial charge in [-0.05, 0) is 24.4 Å². The maximum absolute atomic E-state index is 11.6. The monoisotopic (exact) mass is 235 g/mol. The zero-order valence-electron chi connectivity index (χ0n) is 8.54.